The highest BCUT2D eigenvalue weighted by Gasteiger charge is 2.12. The molecule has 1 aromatic rings. The van der Waals surface area contributed by atoms with Crippen molar-refractivity contribution in [3.8, 4) is 0 Å². The van der Waals surface area contributed by atoms with Crippen LogP contribution in [0, 0.1) is 0 Å². The molecule has 14 heavy (non-hydrogen) atoms. The van der Waals surface area contributed by atoms with Gasteiger partial charge in [0.15, 0.2) is 0 Å². The maximum absolute atomic E-state index is 10.6. The zero-order valence-corrected chi connectivity index (χ0v) is 8.29. The van der Waals surface area contributed by atoms with Crippen molar-refractivity contribution < 1.29 is 4.79 Å². The molecule has 0 aliphatic rings. The van der Waals surface area contributed by atoms with Gasteiger partial charge >= 0.3 is 0 Å². The first-order valence-electron chi connectivity index (χ1n) is 4.09. The minimum absolute atomic E-state index is 0.0601. The first-order valence-corrected chi connectivity index (χ1v) is 4.47. The largest absolute Gasteiger partial charge is 0.398 e. The number of nitrogens with two attached hydrogens (primary N) is 3. The van der Waals surface area contributed by atoms with E-state index in [1.54, 1.807) is 18.2 Å². The summed E-state index contributed by atoms with van der Waals surface area (Å²) in [5.41, 5.74) is 17.6. The fourth-order valence-corrected chi connectivity index (χ4v) is 1.37. The molecular weight excluding hydrogens is 202 g/mol. The van der Waals surface area contributed by atoms with E-state index in [-0.39, 0.29) is 6.42 Å². The average Bonchev–Trinajstić information content (AvgIpc) is 2.08. The Labute approximate surface area is 87.0 Å². The summed E-state index contributed by atoms with van der Waals surface area (Å²) in [5.74, 6) is -0.461. The summed E-state index contributed by atoms with van der Waals surface area (Å²) in [5, 5.41) is 0.536. The van der Waals surface area contributed by atoms with Gasteiger partial charge in [-0.25, -0.2) is 0 Å². The van der Waals surface area contributed by atoms with Crippen LogP contribution in [0.5, 0.6) is 0 Å². The van der Waals surface area contributed by atoms with Crippen LogP contribution in [0.25, 0.3) is 0 Å². The smallest absolute Gasteiger partial charge is 0.219 e. The first kappa shape index (κ1) is 10.8. The van der Waals surface area contributed by atoms with Gasteiger partial charge in [-0.15, -0.1) is 0 Å². The lowest BCUT2D eigenvalue weighted by Crippen LogP contribution is -2.21. The van der Waals surface area contributed by atoms with Crippen molar-refractivity contribution in [1.29, 1.82) is 0 Å². The van der Waals surface area contributed by atoms with E-state index in [2.05, 4.69) is 0 Å². The highest BCUT2D eigenvalue weighted by Crippen LogP contribution is 2.24. The molecule has 4 nitrogen and oxygen atoms in total. The molecule has 0 saturated heterocycles. The topological polar surface area (TPSA) is 95.1 Å². The molecule has 1 amide bonds. The Morgan fingerprint density at radius 3 is 2.71 bits per heavy atom. The third-order valence-corrected chi connectivity index (χ3v) is 2.10. The zero-order valence-electron chi connectivity index (χ0n) is 7.53. The van der Waals surface area contributed by atoms with Crippen LogP contribution in [0.2, 0.25) is 5.02 Å². The van der Waals surface area contributed by atoms with Gasteiger partial charge in [0.2, 0.25) is 5.91 Å². The van der Waals surface area contributed by atoms with E-state index in [1.807, 2.05) is 0 Å². The van der Waals surface area contributed by atoms with Crippen molar-refractivity contribution in [2.24, 2.45) is 11.5 Å². The molecule has 1 atom stereocenters. The van der Waals surface area contributed by atoms with E-state index < -0.39 is 11.9 Å². The van der Waals surface area contributed by atoms with Gasteiger partial charge in [0.05, 0.1) is 0 Å². The van der Waals surface area contributed by atoms with Crippen molar-refractivity contribution >= 4 is 23.2 Å². The van der Waals surface area contributed by atoms with Gasteiger partial charge in [-0.3, -0.25) is 4.79 Å². The quantitative estimate of drug-likeness (QED) is 0.648. The molecule has 0 fully saturated rings. The summed E-state index contributed by atoms with van der Waals surface area (Å²) in [4.78, 5) is 10.6. The molecule has 76 valence electrons. The number of nitrogen functional groups attached to an aromatic ring is 1. The van der Waals surface area contributed by atoms with E-state index in [9.17, 15) is 4.79 Å². The number of carbonyl (C=O) groups is 1. The summed E-state index contributed by atoms with van der Waals surface area (Å²) >= 11 is 5.77. The molecule has 0 spiro atoms. The number of hydrogen-bond donors (Lipinski definition) is 3. The Balaban J connectivity index is 2.93. The number of rotatable bonds is 3. The molecule has 0 aliphatic heterocycles. The third kappa shape index (κ3) is 2.61. The van der Waals surface area contributed by atoms with Gasteiger partial charge < -0.3 is 17.2 Å². The van der Waals surface area contributed by atoms with E-state index in [1.165, 1.54) is 0 Å². The van der Waals surface area contributed by atoms with Gasteiger partial charge in [-0.05, 0) is 23.8 Å². The Morgan fingerprint density at radius 2 is 2.14 bits per heavy atom. The van der Waals surface area contributed by atoms with Crippen LogP contribution in [-0.2, 0) is 4.79 Å². The second kappa shape index (κ2) is 4.30. The van der Waals surface area contributed by atoms with Crippen LogP contribution in [0.3, 0.4) is 0 Å². The molecule has 0 bridgehead atoms. The summed E-state index contributed by atoms with van der Waals surface area (Å²) < 4.78 is 0. The number of halogens is 1. The highest BCUT2D eigenvalue weighted by atomic mass is 35.5. The predicted octanol–water partition coefficient (Wildman–Crippen LogP) is 0.797. The molecule has 0 radical (unpaired) electrons. The summed E-state index contributed by atoms with van der Waals surface area (Å²) in [6.07, 6.45) is 0.0601. The second-order valence-electron chi connectivity index (χ2n) is 3.05. The van der Waals surface area contributed by atoms with Crippen LogP contribution in [0.1, 0.15) is 18.0 Å². The minimum atomic E-state index is -0.494. The van der Waals surface area contributed by atoms with Crippen molar-refractivity contribution in [2.75, 3.05) is 5.73 Å². The van der Waals surface area contributed by atoms with E-state index in [0.29, 0.717) is 16.3 Å². The molecule has 0 aromatic heterocycles. The summed E-state index contributed by atoms with van der Waals surface area (Å²) in [7, 11) is 0. The Morgan fingerprint density at radius 1 is 1.50 bits per heavy atom. The van der Waals surface area contributed by atoms with E-state index >= 15 is 0 Å². The monoisotopic (exact) mass is 213 g/mol. The summed E-state index contributed by atoms with van der Waals surface area (Å²) in [6.45, 7) is 0. The average molecular weight is 214 g/mol. The van der Waals surface area contributed by atoms with Crippen molar-refractivity contribution in [1.82, 2.24) is 0 Å². The van der Waals surface area contributed by atoms with Crippen LogP contribution < -0.4 is 17.2 Å². The minimum Gasteiger partial charge on any atom is -0.398 e. The number of amides is 1. The van der Waals surface area contributed by atoms with Crippen molar-refractivity contribution in [3.05, 3.63) is 28.8 Å². The lowest BCUT2D eigenvalue weighted by Gasteiger charge is -2.12. The van der Waals surface area contributed by atoms with Gasteiger partial charge in [-0.2, -0.15) is 0 Å². The van der Waals surface area contributed by atoms with E-state index in [4.69, 9.17) is 28.8 Å². The van der Waals surface area contributed by atoms with Gasteiger partial charge in [0.1, 0.15) is 0 Å². The fraction of sp³-hybridized carbons (Fsp3) is 0.222. The number of anilines is 1. The predicted molar refractivity (Wildman–Crippen MR) is 56.6 cm³/mol. The Bertz CT molecular complexity index is 354. The van der Waals surface area contributed by atoms with Gasteiger partial charge in [0, 0.05) is 23.2 Å². The molecule has 1 unspecified atom stereocenters. The Hall–Kier alpha value is -1.26. The number of primary amides is 1. The highest BCUT2D eigenvalue weighted by molar-refractivity contribution is 6.30. The van der Waals surface area contributed by atoms with Crippen LogP contribution >= 0.6 is 11.6 Å². The molecular formula is C9H12ClN3O. The number of hydrogen-bond acceptors (Lipinski definition) is 3. The van der Waals surface area contributed by atoms with Crippen molar-refractivity contribution in [3.63, 3.8) is 0 Å². The normalized spacial score (nSPS) is 12.4. The fourth-order valence-electron chi connectivity index (χ4n) is 1.19. The molecule has 1 rings (SSSR count). The lowest BCUT2D eigenvalue weighted by molar-refractivity contribution is -0.118. The van der Waals surface area contributed by atoms with Gasteiger partial charge in [-0.1, -0.05) is 11.6 Å². The lowest BCUT2D eigenvalue weighted by atomic mass is 10.0. The number of carbonyl (C=O) groups excluding carboxylic acids is 1. The Kier molecular flexibility index (Phi) is 3.33. The van der Waals surface area contributed by atoms with Crippen LogP contribution in [-0.4, -0.2) is 5.91 Å². The molecule has 0 aliphatic carbocycles. The number of benzene rings is 1. The van der Waals surface area contributed by atoms with Gasteiger partial charge in [0.25, 0.3) is 0 Å². The van der Waals surface area contributed by atoms with Crippen LogP contribution in [0.4, 0.5) is 5.69 Å². The molecule has 0 heterocycles. The van der Waals surface area contributed by atoms with E-state index in [0.717, 1.165) is 0 Å². The van der Waals surface area contributed by atoms with Crippen LogP contribution in [0.15, 0.2) is 18.2 Å². The maximum atomic E-state index is 10.6. The second-order valence-corrected chi connectivity index (χ2v) is 3.49. The molecule has 0 saturated carbocycles. The zero-order chi connectivity index (χ0) is 10.7. The first-order chi connectivity index (χ1) is 6.50. The molecule has 5 heteroatoms. The molecule has 1 aromatic carbocycles. The third-order valence-electron chi connectivity index (χ3n) is 1.87. The standard InChI is InChI=1S/C9H12ClN3O/c10-5-1-2-7(11)6(3-5)8(12)4-9(13)14/h1-3,8H,4,11-12H2,(H2,13,14). The maximum Gasteiger partial charge on any atom is 0.219 e. The molecule has 6 N–H and O–H groups in total. The van der Waals surface area contributed by atoms with Crippen molar-refractivity contribution in [2.45, 2.75) is 12.5 Å². The summed E-state index contributed by atoms with van der Waals surface area (Å²) in [6, 6.07) is 4.46. The SMILES string of the molecule is NC(=O)CC(N)c1cc(Cl)ccc1N.